The molecule has 0 heterocycles. The first-order valence-corrected chi connectivity index (χ1v) is 7.59. The first kappa shape index (κ1) is 14.9. The van der Waals surface area contributed by atoms with Crippen LogP contribution in [0.4, 0.5) is 5.69 Å². The number of methoxy groups -OCH3 is 1. The zero-order valence-electron chi connectivity index (χ0n) is 12.7. The smallest absolute Gasteiger partial charge is 0.339 e. The predicted molar refractivity (Wildman–Crippen MR) is 82.2 cm³/mol. The highest BCUT2D eigenvalue weighted by Crippen LogP contribution is 2.30. The summed E-state index contributed by atoms with van der Waals surface area (Å²) in [7, 11) is 1.43. The number of rotatable bonds is 4. The molecule has 1 N–H and O–H groups in total. The van der Waals surface area contributed by atoms with Crippen LogP contribution in [-0.4, -0.2) is 19.1 Å². The van der Waals surface area contributed by atoms with Crippen molar-refractivity contribution in [1.29, 1.82) is 0 Å². The molecule has 1 aliphatic rings. The van der Waals surface area contributed by atoms with Gasteiger partial charge < -0.3 is 10.1 Å². The fourth-order valence-electron chi connectivity index (χ4n) is 3.08. The Morgan fingerprint density at radius 3 is 2.90 bits per heavy atom. The monoisotopic (exact) mass is 275 g/mol. The maximum absolute atomic E-state index is 11.9. The third-order valence-electron chi connectivity index (χ3n) is 4.30. The molecule has 0 radical (unpaired) electrons. The fourth-order valence-corrected chi connectivity index (χ4v) is 3.08. The Morgan fingerprint density at radius 2 is 2.20 bits per heavy atom. The number of esters is 1. The van der Waals surface area contributed by atoms with Crippen LogP contribution in [0.25, 0.3) is 0 Å². The molecule has 2 rings (SSSR count). The van der Waals surface area contributed by atoms with Crippen molar-refractivity contribution in [3.05, 3.63) is 29.3 Å². The molecule has 0 aliphatic heterocycles. The first-order chi connectivity index (χ1) is 9.63. The van der Waals surface area contributed by atoms with Crippen LogP contribution in [0.1, 0.15) is 54.9 Å². The van der Waals surface area contributed by atoms with E-state index in [1.807, 2.05) is 25.1 Å². The van der Waals surface area contributed by atoms with Crippen molar-refractivity contribution >= 4 is 11.7 Å². The number of nitrogens with one attached hydrogen (secondary N) is 1. The van der Waals surface area contributed by atoms with E-state index in [-0.39, 0.29) is 5.97 Å². The van der Waals surface area contributed by atoms with E-state index in [2.05, 4.69) is 12.2 Å². The minimum absolute atomic E-state index is 0.265. The molecule has 0 spiro atoms. The lowest BCUT2D eigenvalue weighted by Crippen LogP contribution is -2.28. The topological polar surface area (TPSA) is 38.3 Å². The highest BCUT2D eigenvalue weighted by molar-refractivity contribution is 5.95. The average molecular weight is 275 g/mol. The van der Waals surface area contributed by atoms with E-state index in [9.17, 15) is 4.79 Å². The summed E-state index contributed by atoms with van der Waals surface area (Å²) in [6.07, 6.45) is 6.24. The van der Waals surface area contributed by atoms with Gasteiger partial charge in [0, 0.05) is 11.7 Å². The molecule has 110 valence electrons. The summed E-state index contributed by atoms with van der Waals surface area (Å²) in [5.41, 5.74) is 2.63. The van der Waals surface area contributed by atoms with E-state index in [4.69, 9.17) is 4.74 Å². The minimum atomic E-state index is -0.265. The van der Waals surface area contributed by atoms with Gasteiger partial charge in [-0.2, -0.15) is 0 Å². The fraction of sp³-hybridized carbons (Fsp3) is 0.588. The normalized spacial score (nSPS) is 22.4. The summed E-state index contributed by atoms with van der Waals surface area (Å²) < 4.78 is 4.88. The van der Waals surface area contributed by atoms with E-state index in [0.29, 0.717) is 11.6 Å². The molecule has 0 amide bonds. The zero-order valence-corrected chi connectivity index (χ0v) is 12.7. The van der Waals surface area contributed by atoms with Gasteiger partial charge in [0.15, 0.2) is 0 Å². The molecular formula is C17H25NO2. The molecule has 0 bridgehead atoms. The number of carbonyl (C=O) groups excluding carboxylic acids is 1. The summed E-state index contributed by atoms with van der Waals surface area (Å²) in [5, 5.41) is 3.56. The quantitative estimate of drug-likeness (QED) is 0.838. The first-order valence-electron chi connectivity index (χ1n) is 7.59. The Balaban J connectivity index is 2.14. The van der Waals surface area contributed by atoms with Gasteiger partial charge in [0.05, 0.1) is 12.7 Å². The number of hydrogen-bond acceptors (Lipinski definition) is 3. The number of ether oxygens (including phenoxy) is 1. The number of benzene rings is 1. The molecule has 1 aliphatic carbocycles. The molecule has 2 unspecified atom stereocenters. The number of hydrogen-bond donors (Lipinski definition) is 1. The van der Waals surface area contributed by atoms with Crippen LogP contribution >= 0.6 is 0 Å². The van der Waals surface area contributed by atoms with Gasteiger partial charge in [-0.1, -0.05) is 37.8 Å². The summed E-state index contributed by atoms with van der Waals surface area (Å²) >= 11 is 0. The molecule has 1 aromatic rings. The number of anilines is 1. The molecule has 1 aromatic carbocycles. The second-order valence-corrected chi connectivity index (χ2v) is 5.82. The molecule has 3 heteroatoms. The van der Waals surface area contributed by atoms with Crippen molar-refractivity contribution in [1.82, 2.24) is 0 Å². The highest BCUT2D eigenvalue weighted by atomic mass is 16.5. The second-order valence-electron chi connectivity index (χ2n) is 5.82. The molecule has 0 saturated heterocycles. The summed E-state index contributed by atoms with van der Waals surface area (Å²) in [6.45, 7) is 4.25. The highest BCUT2D eigenvalue weighted by Gasteiger charge is 2.22. The van der Waals surface area contributed by atoms with E-state index in [1.165, 1.54) is 39.2 Å². The summed E-state index contributed by atoms with van der Waals surface area (Å²) in [5.74, 6) is 0.548. The Morgan fingerprint density at radius 1 is 1.40 bits per heavy atom. The van der Waals surface area contributed by atoms with Gasteiger partial charge in [0.2, 0.25) is 0 Å². The molecular weight excluding hydrogens is 250 g/mol. The second kappa shape index (κ2) is 6.78. The van der Waals surface area contributed by atoms with Gasteiger partial charge >= 0.3 is 5.97 Å². The summed E-state index contributed by atoms with van der Waals surface area (Å²) in [4.78, 5) is 11.9. The average Bonchev–Trinajstić information content (AvgIpc) is 2.48. The van der Waals surface area contributed by atoms with Crippen molar-refractivity contribution in [2.75, 3.05) is 12.4 Å². The van der Waals surface area contributed by atoms with E-state index in [1.54, 1.807) is 0 Å². The van der Waals surface area contributed by atoms with E-state index >= 15 is 0 Å². The van der Waals surface area contributed by atoms with Crippen LogP contribution in [0, 0.1) is 12.8 Å². The van der Waals surface area contributed by atoms with E-state index in [0.717, 1.165) is 17.2 Å². The van der Waals surface area contributed by atoms with Gasteiger partial charge in [-0.15, -0.1) is 0 Å². The number of aryl methyl sites for hydroxylation is 1. The van der Waals surface area contributed by atoms with Crippen molar-refractivity contribution in [3.63, 3.8) is 0 Å². The Hall–Kier alpha value is -1.51. The van der Waals surface area contributed by atoms with Crippen LogP contribution in [0.15, 0.2) is 18.2 Å². The van der Waals surface area contributed by atoms with Gasteiger partial charge in [-0.05, 0) is 37.8 Å². The SMILES string of the molecule is CCC1CCCC(Nc2ccc(C)cc2C(=O)OC)C1. The van der Waals surface area contributed by atoms with Crippen LogP contribution in [0.2, 0.25) is 0 Å². The lowest BCUT2D eigenvalue weighted by Gasteiger charge is -2.30. The largest absolute Gasteiger partial charge is 0.465 e. The van der Waals surface area contributed by atoms with Crippen molar-refractivity contribution in [2.45, 2.75) is 52.0 Å². The maximum Gasteiger partial charge on any atom is 0.339 e. The lowest BCUT2D eigenvalue weighted by atomic mass is 9.84. The van der Waals surface area contributed by atoms with Crippen molar-refractivity contribution in [3.8, 4) is 0 Å². The van der Waals surface area contributed by atoms with Gasteiger partial charge in [-0.3, -0.25) is 0 Å². The minimum Gasteiger partial charge on any atom is -0.465 e. The Labute approximate surface area is 121 Å². The predicted octanol–water partition coefficient (Wildman–Crippen LogP) is 4.16. The molecule has 20 heavy (non-hydrogen) atoms. The van der Waals surface area contributed by atoms with Crippen LogP contribution < -0.4 is 5.32 Å². The van der Waals surface area contributed by atoms with Gasteiger partial charge in [-0.25, -0.2) is 4.79 Å². The van der Waals surface area contributed by atoms with Gasteiger partial charge in [0.25, 0.3) is 0 Å². The zero-order chi connectivity index (χ0) is 14.5. The van der Waals surface area contributed by atoms with Crippen molar-refractivity contribution in [2.24, 2.45) is 5.92 Å². The Bertz CT molecular complexity index is 470. The molecule has 0 aromatic heterocycles. The third-order valence-corrected chi connectivity index (χ3v) is 4.30. The Kier molecular flexibility index (Phi) is 5.05. The molecule has 1 fully saturated rings. The van der Waals surface area contributed by atoms with Crippen LogP contribution in [0.3, 0.4) is 0 Å². The van der Waals surface area contributed by atoms with E-state index < -0.39 is 0 Å². The van der Waals surface area contributed by atoms with Crippen molar-refractivity contribution < 1.29 is 9.53 Å². The maximum atomic E-state index is 11.9. The molecule has 2 atom stereocenters. The standard InChI is InChI=1S/C17H25NO2/c1-4-13-6-5-7-14(11-13)18-16-9-8-12(2)10-15(16)17(19)20-3/h8-10,13-14,18H,4-7,11H2,1-3H3. The molecule has 3 nitrogen and oxygen atoms in total. The van der Waals surface area contributed by atoms with Crippen LogP contribution in [-0.2, 0) is 4.74 Å². The van der Waals surface area contributed by atoms with Gasteiger partial charge in [0.1, 0.15) is 0 Å². The molecule has 1 saturated carbocycles. The summed E-state index contributed by atoms with van der Waals surface area (Å²) in [6, 6.07) is 6.40. The lowest BCUT2D eigenvalue weighted by molar-refractivity contribution is 0.0601. The van der Waals surface area contributed by atoms with Crippen LogP contribution in [0.5, 0.6) is 0 Å². The third kappa shape index (κ3) is 3.53. The number of carbonyl (C=O) groups is 1.